The Hall–Kier alpha value is -1.49. The smallest absolute Gasteiger partial charge is 0.240 e. The molecule has 0 radical (unpaired) electrons. The standard InChI is InChI=1S/C13H20N4O/c1-10-14-8-5-11(17-10)9-15-12(18)13(2)6-3-4-7-16-13/h5,8,16H,3-4,6-7,9H2,1-2H3,(H,15,18). The summed E-state index contributed by atoms with van der Waals surface area (Å²) in [5.41, 5.74) is 0.413. The first-order valence-corrected chi connectivity index (χ1v) is 6.42. The first-order chi connectivity index (χ1) is 8.60. The number of aryl methyl sites for hydroxylation is 1. The van der Waals surface area contributed by atoms with Gasteiger partial charge >= 0.3 is 0 Å². The predicted octanol–water partition coefficient (Wildman–Crippen LogP) is 0.933. The van der Waals surface area contributed by atoms with E-state index in [1.807, 2.05) is 19.9 Å². The van der Waals surface area contributed by atoms with Crippen LogP contribution in [0.25, 0.3) is 0 Å². The summed E-state index contributed by atoms with van der Waals surface area (Å²) in [4.78, 5) is 20.5. The van der Waals surface area contributed by atoms with Gasteiger partial charge in [0.25, 0.3) is 0 Å². The van der Waals surface area contributed by atoms with Crippen molar-refractivity contribution in [2.75, 3.05) is 6.54 Å². The average molecular weight is 248 g/mol. The minimum Gasteiger partial charge on any atom is -0.349 e. The maximum absolute atomic E-state index is 12.2. The summed E-state index contributed by atoms with van der Waals surface area (Å²) >= 11 is 0. The van der Waals surface area contributed by atoms with Crippen LogP contribution in [0.3, 0.4) is 0 Å². The van der Waals surface area contributed by atoms with E-state index in [-0.39, 0.29) is 5.91 Å². The van der Waals surface area contributed by atoms with Gasteiger partial charge in [0.1, 0.15) is 5.82 Å². The van der Waals surface area contributed by atoms with Crippen LogP contribution in [0.15, 0.2) is 12.3 Å². The van der Waals surface area contributed by atoms with Crippen LogP contribution in [0.1, 0.15) is 37.7 Å². The fourth-order valence-corrected chi connectivity index (χ4v) is 2.22. The maximum Gasteiger partial charge on any atom is 0.240 e. The Morgan fingerprint density at radius 1 is 1.56 bits per heavy atom. The topological polar surface area (TPSA) is 66.9 Å². The van der Waals surface area contributed by atoms with Crippen LogP contribution in [0.2, 0.25) is 0 Å². The average Bonchev–Trinajstić information content (AvgIpc) is 2.37. The summed E-state index contributed by atoms with van der Waals surface area (Å²) in [6.07, 6.45) is 4.85. The molecule has 1 aromatic heterocycles. The number of piperidine rings is 1. The van der Waals surface area contributed by atoms with Gasteiger partial charge in [-0.05, 0) is 45.7 Å². The van der Waals surface area contributed by atoms with E-state index in [2.05, 4.69) is 20.6 Å². The summed E-state index contributed by atoms with van der Waals surface area (Å²) in [6, 6.07) is 1.82. The van der Waals surface area contributed by atoms with Crippen molar-refractivity contribution in [1.82, 2.24) is 20.6 Å². The molecule has 1 atom stereocenters. The quantitative estimate of drug-likeness (QED) is 0.835. The summed E-state index contributed by atoms with van der Waals surface area (Å²) in [7, 11) is 0. The Balaban J connectivity index is 1.91. The first kappa shape index (κ1) is 13.0. The number of amides is 1. The van der Waals surface area contributed by atoms with E-state index in [0.29, 0.717) is 6.54 Å². The van der Waals surface area contributed by atoms with Gasteiger partial charge in [0.2, 0.25) is 5.91 Å². The molecule has 1 fully saturated rings. The highest BCUT2D eigenvalue weighted by Gasteiger charge is 2.33. The zero-order valence-corrected chi connectivity index (χ0v) is 11.0. The van der Waals surface area contributed by atoms with E-state index in [4.69, 9.17) is 0 Å². The molecule has 0 aliphatic carbocycles. The number of hydrogen-bond acceptors (Lipinski definition) is 4. The lowest BCUT2D eigenvalue weighted by Gasteiger charge is -2.33. The molecule has 2 N–H and O–H groups in total. The summed E-state index contributed by atoms with van der Waals surface area (Å²) < 4.78 is 0. The Labute approximate surface area is 107 Å². The van der Waals surface area contributed by atoms with Crippen molar-refractivity contribution < 1.29 is 4.79 Å². The van der Waals surface area contributed by atoms with Crippen molar-refractivity contribution in [2.24, 2.45) is 0 Å². The molecule has 5 nitrogen and oxygen atoms in total. The number of hydrogen-bond donors (Lipinski definition) is 2. The van der Waals surface area contributed by atoms with E-state index in [0.717, 1.165) is 37.3 Å². The molecule has 98 valence electrons. The van der Waals surface area contributed by atoms with Gasteiger partial charge in [-0.1, -0.05) is 0 Å². The predicted molar refractivity (Wildman–Crippen MR) is 68.9 cm³/mol. The van der Waals surface area contributed by atoms with E-state index in [9.17, 15) is 4.79 Å². The second kappa shape index (κ2) is 5.44. The molecule has 5 heteroatoms. The van der Waals surface area contributed by atoms with Gasteiger partial charge in [0.05, 0.1) is 17.8 Å². The molecule has 1 unspecified atom stereocenters. The van der Waals surface area contributed by atoms with Gasteiger partial charge in [0.15, 0.2) is 0 Å². The van der Waals surface area contributed by atoms with Crippen LogP contribution in [-0.2, 0) is 11.3 Å². The van der Waals surface area contributed by atoms with E-state index in [1.54, 1.807) is 6.20 Å². The van der Waals surface area contributed by atoms with Gasteiger partial charge in [-0.25, -0.2) is 9.97 Å². The lowest BCUT2D eigenvalue weighted by molar-refractivity contribution is -0.128. The third-order valence-corrected chi connectivity index (χ3v) is 3.38. The van der Waals surface area contributed by atoms with Gasteiger partial charge < -0.3 is 10.6 Å². The molecular weight excluding hydrogens is 228 g/mol. The number of carbonyl (C=O) groups is 1. The van der Waals surface area contributed by atoms with Crippen LogP contribution in [0.4, 0.5) is 0 Å². The highest BCUT2D eigenvalue weighted by Crippen LogP contribution is 2.18. The minimum atomic E-state index is -0.430. The highest BCUT2D eigenvalue weighted by molar-refractivity contribution is 5.85. The fourth-order valence-electron chi connectivity index (χ4n) is 2.22. The number of aromatic nitrogens is 2. The zero-order valence-electron chi connectivity index (χ0n) is 11.0. The molecule has 0 saturated carbocycles. The van der Waals surface area contributed by atoms with E-state index < -0.39 is 5.54 Å². The zero-order chi connectivity index (χ0) is 13.0. The minimum absolute atomic E-state index is 0.0541. The normalized spacial score (nSPS) is 23.7. The lowest BCUT2D eigenvalue weighted by atomic mass is 9.90. The van der Waals surface area contributed by atoms with Crippen molar-refractivity contribution in [1.29, 1.82) is 0 Å². The third-order valence-electron chi connectivity index (χ3n) is 3.38. The summed E-state index contributed by atoms with van der Waals surface area (Å²) in [5.74, 6) is 0.780. The Kier molecular flexibility index (Phi) is 3.91. The maximum atomic E-state index is 12.2. The molecule has 1 aromatic rings. The van der Waals surface area contributed by atoms with Crippen LogP contribution in [0, 0.1) is 6.92 Å². The molecule has 0 bridgehead atoms. The molecule has 0 aromatic carbocycles. The van der Waals surface area contributed by atoms with Crippen molar-refractivity contribution in [3.05, 3.63) is 23.8 Å². The molecule has 2 heterocycles. The van der Waals surface area contributed by atoms with Gasteiger partial charge in [-0.2, -0.15) is 0 Å². The molecule has 0 spiro atoms. The SMILES string of the molecule is Cc1nccc(CNC(=O)C2(C)CCCCN2)n1. The van der Waals surface area contributed by atoms with Gasteiger partial charge in [-0.3, -0.25) is 4.79 Å². The summed E-state index contributed by atoms with van der Waals surface area (Å²) in [6.45, 7) is 5.18. The van der Waals surface area contributed by atoms with Crippen molar-refractivity contribution in [2.45, 2.75) is 45.2 Å². The van der Waals surface area contributed by atoms with Crippen LogP contribution in [-0.4, -0.2) is 28.0 Å². The molecular formula is C13H20N4O. The van der Waals surface area contributed by atoms with Crippen LogP contribution >= 0.6 is 0 Å². The number of nitrogens with zero attached hydrogens (tertiary/aromatic N) is 2. The third kappa shape index (κ3) is 3.04. The van der Waals surface area contributed by atoms with E-state index >= 15 is 0 Å². The number of rotatable bonds is 3. The van der Waals surface area contributed by atoms with Gasteiger partial charge in [0, 0.05) is 6.20 Å². The van der Waals surface area contributed by atoms with E-state index in [1.165, 1.54) is 0 Å². The Morgan fingerprint density at radius 3 is 3.06 bits per heavy atom. The molecule has 18 heavy (non-hydrogen) atoms. The van der Waals surface area contributed by atoms with Crippen LogP contribution < -0.4 is 10.6 Å². The first-order valence-electron chi connectivity index (χ1n) is 6.42. The van der Waals surface area contributed by atoms with Crippen molar-refractivity contribution in [3.63, 3.8) is 0 Å². The fraction of sp³-hybridized carbons (Fsp3) is 0.615. The molecule has 2 rings (SSSR count). The Bertz CT molecular complexity index is 427. The van der Waals surface area contributed by atoms with Crippen molar-refractivity contribution >= 4 is 5.91 Å². The van der Waals surface area contributed by atoms with Crippen molar-refractivity contribution in [3.8, 4) is 0 Å². The molecule has 1 aliphatic heterocycles. The number of nitrogens with one attached hydrogen (secondary N) is 2. The molecule has 1 saturated heterocycles. The van der Waals surface area contributed by atoms with Crippen LogP contribution in [0.5, 0.6) is 0 Å². The lowest BCUT2D eigenvalue weighted by Crippen LogP contribution is -2.56. The highest BCUT2D eigenvalue weighted by atomic mass is 16.2. The second-order valence-electron chi connectivity index (χ2n) is 4.99. The monoisotopic (exact) mass is 248 g/mol. The van der Waals surface area contributed by atoms with Gasteiger partial charge in [-0.15, -0.1) is 0 Å². The second-order valence-corrected chi connectivity index (χ2v) is 4.99. The molecule has 1 amide bonds. The Morgan fingerprint density at radius 2 is 2.39 bits per heavy atom. The molecule has 1 aliphatic rings. The number of carbonyl (C=O) groups excluding carboxylic acids is 1. The summed E-state index contributed by atoms with van der Waals surface area (Å²) in [5, 5.41) is 6.24. The largest absolute Gasteiger partial charge is 0.349 e.